The Morgan fingerprint density at radius 2 is 2.04 bits per heavy atom. The van der Waals surface area contributed by atoms with Crippen LogP contribution in [0.5, 0.6) is 0 Å². The first-order chi connectivity index (χ1) is 12.9. The van der Waals surface area contributed by atoms with Crippen molar-refractivity contribution in [3.8, 4) is 0 Å². The predicted octanol–water partition coefficient (Wildman–Crippen LogP) is -0.812. The van der Waals surface area contributed by atoms with Gasteiger partial charge in [0.2, 0.25) is 0 Å². The van der Waals surface area contributed by atoms with E-state index in [9.17, 15) is 33.4 Å². The van der Waals surface area contributed by atoms with Gasteiger partial charge in [-0.25, -0.2) is 22.7 Å². The summed E-state index contributed by atoms with van der Waals surface area (Å²) >= 11 is 4.45. The van der Waals surface area contributed by atoms with Gasteiger partial charge in [-0.3, -0.25) is 14.1 Å². The molecule has 1 aliphatic heterocycles. The van der Waals surface area contributed by atoms with Gasteiger partial charge in [0.15, 0.2) is 12.0 Å². The molecule has 0 radical (unpaired) electrons. The molecule has 18 heteroatoms. The number of phosphoric acid groups is 2. The zero-order chi connectivity index (χ0) is 22.6. The number of nitrogens with one attached hydrogen (secondary N) is 1. The van der Waals surface area contributed by atoms with Crippen LogP contribution in [0.2, 0.25) is 0 Å². The highest BCUT2D eigenvalue weighted by molar-refractivity contribution is 7.71. The molecular weight excluding hydrogens is 444 g/mol. The first-order valence-electron chi connectivity index (χ1n) is 7.44. The van der Waals surface area contributed by atoms with Crippen LogP contribution in [0.3, 0.4) is 0 Å². The normalized spacial score (nSPS) is 32.6. The quantitative estimate of drug-likeness (QED) is 0.229. The molecule has 6 N–H and O–H groups in total. The van der Waals surface area contributed by atoms with Crippen molar-refractivity contribution in [2.45, 2.75) is 24.3 Å². The van der Waals surface area contributed by atoms with Crippen molar-refractivity contribution in [3.05, 3.63) is 27.1 Å². The van der Waals surface area contributed by atoms with Crippen LogP contribution in [0, 0.1) is 10.5 Å². The van der Waals surface area contributed by atoms with Gasteiger partial charge in [-0.15, -0.1) is 0 Å². The Bertz CT molecular complexity index is 1020. The Morgan fingerprint density at radius 1 is 1.44 bits per heavy atom. The molecule has 1 unspecified atom stereocenters. The van der Waals surface area contributed by atoms with Crippen molar-refractivity contribution >= 4 is 27.9 Å². The Kier molecular flexibility index (Phi) is 5.39. The van der Waals surface area contributed by atoms with E-state index in [2.05, 4.69) is 25.8 Å². The summed E-state index contributed by atoms with van der Waals surface area (Å²) in [5.41, 5.74) is -1.27. The van der Waals surface area contributed by atoms with E-state index in [-0.39, 0.29) is 4.57 Å². The number of alkyl halides is 1. The standard InChI is InChI=1S/C9H12F2N2O11P2S/c10-3-1-13(8(16)12-6(3)27)7-4(14)5(15)9(11,23-7)2-22-26(20,21)24-25(17,18)19/h1,4-5,7,14-15H,2H2,(H,20,21)(H,12,16,27)(H2,17,18,19)/t4-,5+,7-,9-/m1/s1/i2D2. The Balaban J connectivity index is 2.42. The molecule has 0 amide bonds. The van der Waals surface area contributed by atoms with E-state index < -0.39 is 62.6 Å². The highest BCUT2D eigenvalue weighted by atomic mass is 32.1. The zero-order valence-corrected chi connectivity index (χ0v) is 15.1. The van der Waals surface area contributed by atoms with Crippen molar-refractivity contribution in [2.75, 3.05) is 6.56 Å². The van der Waals surface area contributed by atoms with Gasteiger partial charge < -0.3 is 29.6 Å². The Hall–Kier alpha value is -0.900. The van der Waals surface area contributed by atoms with Crippen LogP contribution >= 0.6 is 27.9 Å². The fourth-order valence-electron chi connectivity index (χ4n) is 1.92. The molecular formula is C9H12F2N2O11P2S. The van der Waals surface area contributed by atoms with E-state index in [4.69, 9.17) is 12.5 Å². The smallest absolute Gasteiger partial charge is 0.385 e. The molecule has 5 atom stereocenters. The molecule has 0 bridgehead atoms. The van der Waals surface area contributed by atoms with Gasteiger partial charge >= 0.3 is 21.3 Å². The number of halogens is 2. The number of aromatic nitrogens is 2. The van der Waals surface area contributed by atoms with Crippen LogP contribution in [0.25, 0.3) is 0 Å². The number of aliphatic hydroxyl groups is 2. The molecule has 154 valence electrons. The van der Waals surface area contributed by atoms with E-state index in [0.717, 1.165) is 0 Å². The van der Waals surface area contributed by atoms with Crippen LogP contribution in [-0.2, 0) is 22.7 Å². The molecule has 1 saturated heterocycles. The minimum atomic E-state index is -5.99. The number of phosphoric ester groups is 1. The third-order valence-electron chi connectivity index (χ3n) is 3.00. The highest BCUT2D eigenvalue weighted by Gasteiger charge is 2.57. The second-order valence-electron chi connectivity index (χ2n) is 4.97. The highest BCUT2D eigenvalue weighted by Crippen LogP contribution is 2.58. The maximum atomic E-state index is 15.1. The SMILES string of the molecule is [2H]C([2H])(OP(=O)(O)OP(=O)(O)O)[C@@]1(F)O[C@@H](n2cc(F)c(=S)[nH]c2=O)[C@H](O)[C@@H]1O. The van der Waals surface area contributed by atoms with Gasteiger partial charge in [0.1, 0.15) is 23.4 Å². The number of H-pyrrole nitrogens is 1. The third kappa shape index (κ3) is 5.13. The minimum absolute atomic E-state index is 0.168. The number of ether oxygens (including phenoxy) is 1. The molecule has 1 aromatic heterocycles. The number of hydrogen-bond donors (Lipinski definition) is 6. The average Bonchev–Trinajstić information content (AvgIpc) is 2.73. The molecule has 2 heterocycles. The van der Waals surface area contributed by atoms with Gasteiger partial charge in [0, 0.05) is 0 Å². The summed E-state index contributed by atoms with van der Waals surface area (Å²) < 4.78 is 76.7. The second kappa shape index (κ2) is 7.50. The molecule has 0 saturated carbocycles. The largest absolute Gasteiger partial charge is 0.481 e. The van der Waals surface area contributed by atoms with Gasteiger partial charge in [-0.05, 0) is 0 Å². The van der Waals surface area contributed by atoms with Crippen LogP contribution in [-0.4, -0.2) is 59.1 Å². The molecule has 2 rings (SSSR count). The number of aliphatic hydroxyl groups excluding tert-OH is 2. The van der Waals surface area contributed by atoms with Crippen LogP contribution in [0.1, 0.15) is 8.97 Å². The first kappa shape index (κ1) is 19.4. The third-order valence-corrected chi connectivity index (χ3v) is 5.29. The van der Waals surface area contributed by atoms with Crippen molar-refractivity contribution in [2.24, 2.45) is 0 Å². The molecule has 0 spiro atoms. The van der Waals surface area contributed by atoms with E-state index in [1.165, 1.54) is 0 Å². The summed E-state index contributed by atoms with van der Waals surface area (Å²) in [6.07, 6.45) is -7.31. The molecule has 0 aromatic carbocycles. The average molecular weight is 458 g/mol. The lowest BCUT2D eigenvalue weighted by Crippen LogP contribution is -2.43. The van der Waals surface area contributed by atoms with Crippen molar-refractivity contribution in [1.29, 1.82) is 0 Å². The maximum Gasteiger partial charge on any atom is 0.481 e. The van der Waals surface area contributed by atoms with Crippen LogP contribution in [0.4, 0.5) is 8.78 Å². The first-order valence-corrected chi connectivity index (χ1v) is 9.88. The molecule has 1 fully saturated rings. The predicted molar refractivity (Wildman–Crippen MR) is 80.7 cm³/mol. The van der Waals surface area contributed by atoms with Crippen LogP contribution < -0.4 is 5.69 Å². The molecule has 0 aliphatic carbocycles. The number of aromatic amines is 1. The van der Waals surface area contributed by atoms with Gasteiger partial charge in [0.25, 0.3) is 5.85 Å². The topological polar surface area (TPSA) is 201 Å². The lowest BCUT2D eigenvalue weighted by molar-refractivity contribution is -0.205. The summed E-state index contributed by atoms with van der Waals surface area (Å²) in [6, 6.07) is 0. The fraction of sp³-hybridized carbons (Fsp3) is 0.556. The summed E-state index contributed by atoms with van der Waals surface area (Å²) in [4.78, 5) is 39.8. The summed E-state index contributed by atoms with van der Waals surface area (Å²) in [5.74, 6) is -5.45. The van der Waals surface area contributed by atoms with E-state index in [1.807, 2.05) is 0 Å². The van der Waals surface area contributed by atoms with Crippen molar-refractivity contribution in [1.82, 2.24) is 9.55 Å². The minimum Gasteiger partial charge on any atom is -0.385 e. The van der Waals surface area contributed by atoms with Gasteiger partial charge in [-0.2, -0.15) is 4.31 Å². The van der Waals surface area contributed by atoms with Crippen LogP contribution in [0.15, 0.2) is 11.0 Å². The van der Waals surface area contributed by atoms with Gasteiger partial charge in [0.05, 0.1) is 8.94 Å². The molecule has 13 nitrogen and oxygen atoms in total. The Labute approximate surface area is 155 Å². The number of hydrogen-bond acceptors (Lipinski definition) is 9. The molecule has 1 aliphatic rings. The Morgan fingerprint density at radius 3 is 2.59 bits per heavy atom. The van der Waals surface area contributed by atoms with Crippen molar-refractivity contribution in [3.63, 3.8) is 0 Å². The van der Waals surface area contributed by atoms with Gasteiger partial charge in [-0.1, -0.05) is 12.2 Å². The molecule has 1 aromatic rings. The van der Waals surface area contributed by atoms with Crippen molar-refractivity contribution < 1.29 is 59.1 Å². The lowest BCUT2D eigenvalue weighted by atomic mass is 10.1. The summed E-state index contributed by atoms with van der Waals surface area (Å²) in [6.45, 7) is -4.20. The lowest BCUT2D eigenvalue weighted by Gasteiger charge is -2.23. The molecule has 27 heavy (non-hydrogen) atoms. The van der Waals surface area contributed by atoms with E-state index >= 15 is 4.39 Å². The zero-order valence-electron chi connectivity index (χ0n) is 14.5. The summed E-state index contributed by atoms with van der Waals surface area (Å²) in [5, 5.41) is 19.8. The number of nitrogens with zero attached hydrogens (tertiary/aromatic N) is 1. The maximum absolute atomic E-state index is 15.1. The summed E-state index contributed by atoms with van der Waals surface area (Å²) in [7, 11) is -11.7. The monoisotopic (exact) mass is 458 g/mol. The van der Waals surface area contributed by atoms with E-state index in [1.54, 1.807) is 4.98 Å². The fourth-order valence-corrected chi connectivity index (χ4v) is 3.51. The van der Waals surface area contributed by atoms with E-state index in [0.29, 0.717) is 6.20 Å². The number of rotatable bonds is 6. The second-order valence-corrected chi connectivity index (χ2v) is 8.13.